The van der Waals surface area contributed by atoms with E-state index < -0.39 is 58.7 Å². The summed E-state index contributed by atoms with van der Waals surface area (Å²) in [7, 11) is 0. The highest BCUT2D eigenvalue weighted by Gasteiger charge is 2.60. The number of nitrogens with zero attached hydrogens (tertiary/aromatic N) is 1. The Balaban J connectivity index is 2.03. The van der Waals surface area contributed by atoms with Crippen molar-refractivity contribution in [1.82, 2.24) is 0 Å². The molecule has 0 heterocycles. The molecule has 10 nitrogen and oxygen atoms in total. The van der Waals surface area contributed by atoms with E-state index in [2.05, 4.69) is 0 Å². The SMILES string of the molecule is CC(=O)O[C@@H]1C2=C(C3=C(C(=O)c4c(O)cccc4C3=O)C2=C=[N-])[C@H](O)[C@@H](OC(C)=O)[C@]1(C)O. The van der Waals surface area contributed by atoms with Gasteiger partial charge >= 0.3 is 11.9 Å². The fourth-order valence-corrected chi connectivity index (χ4v) is 4.67. The van der Waals surface area contributed by atoms with E-state index >= 15 is 0 Å². The molecular weight excluding hydrogens is 434 g/mol. The first-order valence-electron chi connectivity index (χ1n) is 9.86. The summed E-state index contributed by atoms with van der Waals surface area (Å²) in [5.41, 5.74) is -4.28. The highest BCUT2D eigenvalue weighted by molar-refractivity contribution is 6.33. The molecule has 3 aliphatic rings. The van der Waals surface area contributed by atoms with Crippen LogP contribution in [0.3, 0.4) is 0 Å². The Labute approximate surface area is 186 Å². The molecule has 0 spiro atoms. The number of ether oxygens (including phenoxy) is 2. The molecule has 3 aliphatic carbocycles. The van der Waals surface area contributed by atoms with E-state index in [-0.39, 0.29) is 33.4 Å². The Morgan fingerprint density at radius 1 is 1.06 bits per heavy atom. The van der Waals surface area contributed by atoms with Crippen molar-refractivity contribution in [2.45, 2.75) is 44.7 Å². The monoisotopic (exact) mass is 452 g/mol. The second kappa shape index (κ2) is 7.35. The van der Waals surface area contributed by atoms with E-state index in [1.54, 1.807) is 5.87 Å². The quantitative estimate of drug-likeness (QED) is 0.428. The number of hydrogen-bond acceptors (Lipinski definition) is 9. The van der Waals surface area contributed by atoms with E-state index in [9.17, 15) is 39.9 Å². The first-order chi connectivity index (χ1) is 15.4. The lowest BCUT2D eigenvalue weighted by Crippen LogP contribution is -2.61. The summed E-state index contributed by atoms with van der Waals surface area (Å²) in [5, 5.41) is 42.5. The number of ketones is 2. The lowest BCUT2D eigenvalue weighted by atomic mass is 9.73. The molecule has 33 heavy (non-hydrogen) atoms. The number of Topliss-reactive ketones (excluding diaryl/α,β-unsaturated/α-hetero) is 2. The van der Waals surface area contributed by atoms with Crippen molar-refractivity contribution in [3.63, 3.8) is 0 Å². The summed E-state index contributed by atoms with van der Waals surface area (Å²) >= 11 is 0. The first-order valence-corrected chi connectivity index (χ1v) is 9.86. The molecule has 1 aromatic rings. The van der Waals surface area contributed by atoms with Crippen LogP contribution in [0.2, 0.25) is 0 Å². The highest BCUT2D eigenvalue weighted by atomic mass is 16.6. The van der Waals surface area contributed by atoms with Crippen molar-refractivity contribution in [2.24, 2.45) is 0 Å². The van der Waals surface area contributed by atoms with Crippen LogP contribution >= 0.6 is 0 Å². The fourth-order valence-electron chi connectivity index (χ4n) is 4.67. The van der Waals surface area contributed by atoms with Crippen LogP contribution in [0.5, 0.6) is 5.75 Å². The predicted molar refractivity (Wildman–Crippen MR) is 110 cm³/mol. The summed E-state index contributed by atoms with van der Waals surface area (Å²) in [6, 6.07) is 3.87. The maximum atomic E-state index is 13.4. The summed E-state index contributed by atoms with van der Waals surface area (Å²) in [4.78, 5) is 50.3. The van der Waals surface area contributed by atoms with Crippen LogP contribution in [0.4, 0.5) is 0 Å². The Kier molecular flexibility index (Phi) is 4.97. The minimum absolute atomic E-state index is 0.151. The number of aliphatic hydroxyl groups is 2. The number of carbonyl (C=O) groups excluding carboxylic acids is 4. The van der Waals surface area contributed by atoms with Crippen LogP contribution in [0.1, 0.15) is 41.5 Å². The zero-order valence-electron chi connectivity index (χ0n) is 17.7. The Morgan fingerprint density at radius 3 is 2.27 bits per heavy atom. The van der Waals surface area contributed by atoms with E-state index in [0.29, 0.717) is 0 Å². The third kappa shape index (κ3) is 3.00. The third-order valence-electron chi connectivity index (χ3n) is 5.94. The van der Waals surface area contributed by atoms with Gasteiger partial charge < -0.3 is 30.2 Å². The molecule has 0 saturated carbocycles. The molecule has 4 atom stereocenters. The van der Waals surface area contributed by atoms with Crippen molar-refractivity contribution >= 4 is 29.4 Å². The van der Waals surface area contributed by atoms with Crippen LogP contribution in [-0.4, -0.2) is 68.6 Å². The van der Waals surface area contributed by atoms with Crippen molar-refractivity contribution in [2.75, 3.05) is 0 Å². The van der Waals surface area contributed by atoms with Crippen LogP contribution in [0.25, 0.3) is 5.41 Å². The lowest BCUT2D eigenvalue weighted by Gasteiger charge is -2.45. The van der Waals surface area contributed by atoms with Crippen LogP contribution in [0, 0.1) is 0 Å². The van der Waals surface area contributed by atoms with Crippen molar-refractivity contribution in [3.8, 4) is 5.75 Å². The number of benzene rings is 1. The van der Waals surface area contributed by atoms with Gasteiger partial charge in [-0.15, -0.1) is 0 Å². The molecule has 4 rings (SSSR count). The minimum Gasteiger partial charge on any atom is -0.763 e. The molecule has 0 radical (unpaired) electrons. The summed E-state index contributed by atoms with van der Waals surface area (Å²) in [6.07, 6.45) is -5.19. The molecule has 1 aromatic carbocycles. The van der Waals surface area contributed by atoms with Gasteiger partial charge in [-0.2, -0.15) is 0 Å². The number of carbonyl (C=O) groups is 4. The number of esters is 2. The second-order valence-electron chi connectivity index (χ2n) is 8.11. The molecule has 0 fully saturated rings. The van der Waals surface area contributed by atoms with Crippen molar-refractivity contribution < 1.29 is 44.0 Å². The topological polar surface area (TPSA) is 170 Å². The first kappa shape index (κ1) is 22.3. The van der Waals surface area contributed by atoms with E-state index in [1.165, 1.54) is 18.2 Å². The Hall–Kier alpha value is -3.85. The smallest absolute Gasteiger partial charge is 0.303 e. The van der Waals surface area contributed by atoms with Crippen molar-refractivity contribution in [3.05, 3.63) is 62.6 Å². The standard InChI is InChI=1S/C23H18NO9/c1-8(25)32-21-15-11(7-24)14-16(17(15)20(30)22(23(21,3)31)33-9(2)26)18(28)10-5-4-6-12(27)13(10)19(14)29/h4-6,20-22,27,30-31H,1-3H3/q-1/t20-,21+,22+,23+/m0/s1. The Bertz CT molecular complexity index is 1280. The van der Waals surface area contributed by atoms with Gasteiger partial charge in [-0.25, -0.2) is 0 Å². The predicted octanol–water partition coefficient (Wildman–Crippen LogP) is 0.532. The maximum Gasteiger partial charge on any atom is 0.303 e. The van der Waals surface area contributed by atoms with Gasteiger partial charge in [0.05, 0.1) is 5.56 Å². The van der Waals surface area contributed by atoms with Gasteiger partial charge in [0.2, 0.25) is 0 Å². The normalized spacial score (nSPS) is 28.2. The van der Waals surface area contributed by atoms with Crippen LogP contribution in [-0.2, 0) is 19.1 Å². The highest BCUT2D eigenvalue weighted by Crippen LogP contribution is 2.52. The summed E-state index contributed by atoms with van der Waals surface area (Å²) in [6.45, 7) is 3.21. The zero-order chi connectivity index (χ0) is 24.4. The zero-order valence-corrected chi connectivity index (χ0v) is 17.7. The number of hydrogen-bond donors (Lipinski definition) is 3. The number of fused-ring (bicyclic) bond motifs is 2. The molecule has 10 heteroatoms. The number of aliphatic hydroxyl groups excluding tert-OH is 1. The van der Waals surface area contributed by atoms with Gasteiger partial charge in [-0.3, -0.25) is 25.0 Å². The van der Waals surface area contributed by atoms with E-state index in [0.717, 1.165) is 20.8 Å². The molecule has 0 amide bonds. The number of phenols is 1. The van der Waals surface area contributed by atoms with Gasteiger partial charge in [0.25, 0.3) is 0 Å². The molecule has 0 bridgehead atoms. The average molecular weight is 452 g/mol. The van der Waals surface area contributed by atoms with Gasteiger partial charge in [0.15, 0.2) is 23.8 Å². The van der Waals surface area contributed by atoms with E-state index in [1.807, 2.05) is 0 Å². The number of allylic oxidation sites excluding steroid dienone is 1. The lowest BCUT2D eigenvalue weighted by molar-refractivity contribution is -0.200. The molecule has 0 aliphatic heterocycles. The van der Waals surface area contributed by atoms with Gasteiger partial charge in [0.1, 0.15) is 17.5 Å². The molecule has 0 saturated heterocycles. The molecule has 170 valence electrons. The summed E-state index contributed by atoms with van der Waals surface area (Å²) in [5.74, 6) is -2.02. The molecular formula is C23H18NO9-. The van der Waals surface area contributed by atoms with Gasteiger partial charge in [-0.05, 0) is 13.0 Å². The summed E-state index contributed by atoms with van der Waals surface area (Å²) < 4.78 is 10.4. The van der Waals surface area contributed by atoms with Crippen LogP contribution < -0.4 is 0 Å². The largest absolute Gasteiger partial charge is 0.763 e. The van der Waals surface area contributed by atoms with Gasteiger partial charge in [-0.1, -0.05) is 12.1 Å². The average Bonchev–Trinajstić information content (AvgIpc) is 3.07. The molecule has 0 unspecified atom stereocenters. The van der Waals surface area contributed by atoms with Crippen molar-refractivity contribution in [1.29, 1.82) is 0 Å². The van der Waals surface area contributed by atoms with Crippen LogP contribution in [0.15, 0.2) is 46.1 Å². The maximum absolute atomic E-state index is 13.4. The minimum atomic E-state index is -2.23. The van der Waals surface area contributed by atoms with Gasteiger partial charge in [0, 0.05) is 47.3 Å². The Morgan fingerprint density at radius 2 is 1.70 bits per heavy atom. The second-order valence-corrected chi connectivity index (χ2v) is 8.11. The third-order valence-corrected chi connectivity index (χ3v) is 5.94. The fraction of sp³-hybridized carbons (Fsp3) is 0.304. The number of rotatable bonds is 2. The molecule has 3 N–H and O–H groups in total. The number of aromatic hydroxyl groups is 1. The molecule has 0 aromatic heterocycles. The van der Waals surface area contributed by atoms with E-state index in [4.69, 9.17) is 9.47 Å². The number of phenolic OH excluding ortho intramolecular Hbond substituents is 1.